The summed E-state index contributed by atoms with van der Waals surface area (Å²) in [5.41, 5.74) is 0. The van der Waals surface area contributed by atoms with Gasteiger partial charge in [0.05, 0.1) is 6.61 Å². The lowest BCUT2D eigenvalue weighted by Crippen LogP contribution is -2.23. The maximum atomic E-state index is 12.8. The molecule has 0 aromatic carbocycles. The summed E-state index contributed by atoms with van der Waals surface area (Å²) in [4.78, 5) is 27.5. The Hall–Kier alpha value is -1.10. The van der Waals surface area contributed by atoms with Gasteiger partial charge in [-0.05, 0) is 89.3 Å². The predicted octanol–water partition coefficient (Wildman–Crippen LogP) is 14.5. The summed E-state index contributed by atoms with van der Waals surface area (Å²) in [5.74, 6) is 1.78. The zero-order chi connectivity index (χ0) is 37.9. The Morgan fingerprint density at radius 2 is 1.04 bits per heavy atom. The Bertz CT molecular complexity index is 810. The van der Waals surface area contributed by atoms with Gasteiger partial charge in [0, 0.05) is 12.8 Å². The first-order valence-electron chi connectivity index (χ1n) is 24.2. The van der Waals surface area contributed by atoms with Gasteiger partial charge in [0.15, 0.2) is 0 Å². The molecule has 0 radical (unpaired) electrons. The summed E-state index contributed by atoms with van der Waals surface area (Å²) in [5, 5.41) is 0. The van der Waals surface area contributed by atoms with Crippen LogP contribution in [0.2, 0.25) is 0 Å². The molecule has 0 aromatic heterocycles. The van der Waals surface area contributed by atoms with Gasteiger partial charge in [-0.2, -0.15) is 0 Å². The molecule has 5 heteroatoms. The van der Waals surface area contributed by atoms with E-state index in [-0.39, 0.29) is 18.0 Å². The van der Waals surface area contributed by atoms with Gasteiger partial charge in [-0.1, -0.05) is 181 Å². The number of ether oxygens (including phenoxy) is 2. The number of unbranched alkanes of at least 4 members (excludes halogenated alkanes) is 16. The van der Waals surface area contributed by atoms with Crippen molar-refractivity contribution in [1.29, 1.82) is 0 Å². The molecule has 312 valence electrons. The highest BCUT2D eigenvalue weighted by atomic mass is 16.5. The molecular formula is C48H91NO4. The maximum Gasteiger partial charge on any atom is 0.306 e. The molecule has 0 bridgehead atoms. The molecule has 0 aromatic rings. The first-order valence-corrected chi connectivity index (χ1v) is 24.2. The quantitative estimate of drug-likeness (QED) is 0.0363. The molecule has 2 fully saturated rings. The van der Waals surface area contributed by atoms with E-state index in [0.29, 0.717) is 25.4 Å². The Balaban J connectivity index is 1.51. The average Bonchev–Trinajstić information content (AvgIpc) is 3.54. The van der Waals surface area contributed by atoms with Crippen LogP contribution in [0, 0.1) is 11.8 Å². The van der Waals surface area contributed by atoms with Crippen LogP contribution in [-0.4, -0.2) is 49.2 Å². The lowest BCUT2D eigenvalue weighted by molar-refractivity contribution is -0.150. The van der Waals surface area contributed by atoms with Crippen molar-refractivity contribution in [2.24, 2.45) is 11.8 Å². The van der Waals surface area contributed by atoms with E-state index >= 15 is 0 Å². The molecule has 1 aliphatic heterocycles. The van der Waals surface area contributed by atoms with Gasteiger partial charge in [-0.15, -0.1) is 0 Å². The van der Waals surface area contributed by atoms with Crippen molar-refractivity contribution in [3.8, 4) is 0 Å². The molecule has 5 nitrogen and oxygen atoms in total. The molecule has 1 unspecified atom stereocenters. The van der Waals surface area contributed by atoms with E-state index in [2.05, 4.69) is 18.7 Å². The van der Waals surface area contributed by atoms with Gasteiger partial charge in [-0.25, -0.2) is 0 Å². The average molecular weight is 746 g/mol. The number of carbonyl (C=O) groups is 2. The van der Waals surface area contributed by atoms with Crippen LogP contribution in [0.4, 0.5) is 0 Å². The topological polar surface area (TPSA) is 55.8 Å². The SMILES string of the molecule is CCCCC(CCCC)CCOC(=O)CCCCCCCCCC(CCCCCCCCCCCC1CCCCCC1)OC(=O)CCCN1CCCC1. The zero-order valence-corrected chi connectivity index (χ0v) is 35.8. The van der Waals surface area contributed by atoms with E-state index < -0.39 is 0 Å². The number of hydrogen-bond acceptors (Lipinski definition) is 5. The molecule has 1 heterocycles. The Labute approximate surface area is 330 Å². The van der Waals surface area contributed by atoms with Crippen molar-refractivity contribution in [2.75, 3.05) is 26.2 Å². The normalized spacial score (nSPS) is 16.3. The lowest BCUT2D eigenvalue weighted by atomic mass is 9.93. The van der Waals surface area contributed by atoms with E-state index in [9.17, 15) is 9.59 Å². The molecule has 53 heavy (non-hydrogen) atoms. The minimum Gasteiger partial charge on any atom is -0.466 e. The van der Waals surface area contributed by atoms with Gasteiger partial charge in [-0.3, -0.25) is 9.59 Å². The summed E-state index contributed by atoms with van der Waals surface area (Å²) in [7, 11) is 0. The molecule has 1 atom stereocenters. The third-order valence-corrected chi connectivity index (χ3v) is 12.6. The molecule has 2 aliphatic rings. The predicted molar refractivity (Wildman–Crippen MR) is 226 cm³/mol. The molecule has 2 rings (SSSR count). The van der Waals surface area contributed by atoms with E-state index in [1.54, 1.807) is 0 Å². The van der Waals surface area contributed by atoms with Crippen LogP contribution in [0.1, 0.15) is 251 Å². The number of carbonyl (C=O) groups excluding carboxylic acids is 2. The number of nitrogens with zero attached hydrogens (tertiary/aromatic N) is 1. The summed E-state index contributed by atoms with van der Waals surface area (Å²) < 4.78 is 11.7. The van der Waals surface area contributed by atoms with Crippen LogP contribution >= 0.6 is 0 Å². The van der Waals surface area contributed by atoms with Gasteiger partial charge >= 0.3 is 11.9 Å². The third-order valence-electron chi connectivity index (χ3n) is 12.6. The van der Waals surface area contributed by atoms with Crippen molar-refractivity contribution in [2.45, 2.75) is 258 Å². The van der Waals surface area contributed by atoms with Crippen molar-refractivity contribution in [3.63, 3.8) is 0 Å². The fraction of sp³-hybridized carbons (Fsp3) is 0.958. The highest BCUT2D eigenvalue weighted by Crippen LogP contribution is 2.27. The van der Waals surface area contributed by atoms with Crippen LogP contribution in [-0.2, 0) is 19.1 Å². The van der Waals surface area contributed by atoms with Crippen LogP contribution in [0.15, 0.2) is 0 Å². The summed E-state index contributed by atoms with van der Waals surface area (Å²) in [6.45, 7) is 8.56. The summed E-state index contributed by atoms with van der Waals surface area (Å²) in [6.07, 6.45) is 46.3. The first-order chi connectivity index (χ1) is 26.1. The van der Waals surface area contributed by atoms with Crippen LogP contribution in [0.3, 0.4) is 0 Å². The smallest absolute Gasteiger partial charge is 0.306 e. The minimum absolute atomic E-state index is 0.00290. The van der Waals surface area contributed by atoms with Gasteiger partial charge in [0.1, 0.15) is 6.10 Å². The van der Waals surface area contributed by atoms with Gasteiger partial charge in [0.25, 0.3) is 0 Å². The largest absolute Gasteiger partial charge is 0.466 e. The fourth-order valence-corrected chi connectivity index (χ4v) is 9.01. The molecule has 1 saturated carbocycles. The van der Waals surface area contributed by atoms with E-state index in [4.69, 9.17) is 9.47 Å². The molecule has 1 aliphatic carbocycles. The molecule has 0 amide bonds. The van der Waals surface area contributed by atoms with Gasteiger partial charge < -0.3 is 14.4 Å². The van der Waals surface area contributed by atoms with E-state index in [1.807, 2.05) is 0 Å². The Kier molecular flexibility index (Phi) is 32.0. The molecule has 0 N–H and O–H groups in total. The Morgan fingerprint density at radius 1 is 0.528 bits per heavy atom. The van der Waals surface area contributed by atoms with Crippen LogP contribution < -0.4 is 0 Å². The molecular weight excluding hydrogens is 655 g/mol. The van der Waals surface area contributed by atoms with E-state index in [0.717, 1.165) is 57.4 Å². The lowest BCUT2D eigenvalue weighted by Gasteiger charge is -2.19. The highest BCUT2D eigenvalue weighted by molar-refractivity contribution is 5.69. The number of hydrogen-bond donors (Lipinski definition) is 0. The van der Waals surface area contributed by atoms with Crippen LogP contribution in [0.25, 0.3) is 0 Å². The maximum absolute atomic E-state index is 12.8. The highest BCUT2D eigenvalue weighted by Gasteiger charge is 2.17. The summed E-state index contributed by atoms with van der Waals surface area (Å²) >= 11 is 0. The Morgan fingerprint density at radius 3 is 1.60 bits per heavy atom. The standard InChI is InChI=1S/C48H91NO4/c1-3-5-30-45(31-6-4-2)39-43-52-47(50)37-26-18-14-10-13-17-25-36-46(53-48(51)38-29-42-49-40-27-28-41-49)35-24-16-12-9-7-8-11-15-21-32-44-33-22-19-20-23-34-44/h44-46H,3-43H2,1-2H3. The fourth-order valence-electron chi connectivity index (χ4n) is 9.01. The number of rotatable bonds is 36. The molecule has 1 saturated heterocycles. The van der Waals surface area contributed by atoms with E-state index in [1.165, 1.54) is 193 Å². The van der Waals surface area contributed by atoms with Crippen molar-refractivity contribution in [3.05, 3.63) is 0 Å². The third kappa shape index (κ3) is 28.9. The number of esters is 2. The van der Waals surface area contributed by atoms with Crippen molar-refractivity contribution < 1.29 is 19.1 Å². The number of likely N-dealkylation sites (tertiary alicyclic amines) is 1. The monoisotopic (exact) mass is 746 g/mol. The first kappa shape index (κ1) is 48.0. The van der Waals surface area contributed by atoms with Gasteiger partial charge in [0.2, 0.25) is 0 Å². The summed E-state index contributed by atoms with van der Waals surface area (Å²) in [6, 6.07) is 0. The zero-order valence-electron chi connectivity index (χ0n) is 35.8. The minimum atomic E-state index is -0.00290. The van der Waals surface area contributed by atoms with Crippen LogP contribution in [0.5, 0.6) is 0 Å². The second-order valence-corrected chi connectivity index (χ2v) is 17.6. The molecule has 0 spiro atoms. The second-order valence-electron chi connectivity index (χ2n) is 17.6. The van der Waals surface area contributed by atoms with Crippen molar-refractivity contribution >= 4 is 11.9 Å². The second kappa shape index (κ2) is 35.3. The van der Waals surface area contributed by atoms with Crippen molar-refractivity contribution in [1.82, 2.24) is 4.90 Å².